The van der Waals surface area contributed by atoms with Gasteiger partial charge in [0.1, 0.15) is 18.1 Å². The number of benzene rings is 1. The molecule has 1 fully saturated rings. The van der Waals surface area contributed by atoms with Crippen molar-refractivity contribution < 1.29 is 18.7 Å². The maximum atomic E-state index is 12.4. The number of fused-ring (bicyclic) bond motifs is 1. The summed E-state index contributed by atoms with van der Waals surface area (Å²) in [6.07, 6.45) is 4.13. The maximum absolute atomic E-state index is 12.4. The van der Waals surface area contributed by atoms with Crippen molar-refractivity contribution in [3.8, 4) is 11.5 Å². The zero-order valence-corrected chi connectivity index (χ0v) is 14.9. The van der Waals surface area contributed by atoms with E-state index in [1.54, 1.807) is 4.90 Å². The van der Waals surface area contributed by atoms with E-state index in [2.05, 4.69) is 4.98 Å². The van der Waals surface area contributed by atoms with Crippen LogP contribution in [0.5, 0.6) is 0 Å². The number of nitrogens with zero attached hydrogens (tertiary/aromatic N) is 2. The Morgan fingerprint density at radius 3 is 2.96 bits per heavy atom. The number of oxazole rings is 1. The van der Waals surface area contributed by atoms with Crippen LogP contribution in [0.25, 0.3) is 11.5 Å². The Kier molecular flexibility index (Phi) is 5.32. The van der Waals surface area contributed by atoms with Gasteiger partial charge in [-0.25, -0.2) is 4.98 Å². The molecule has 1 saturated heterocycles. The predicted octanol–water partition coefficient (Wildman–Crippen LogP) is 2.81. The molecule has 2 aromatic rings. The van der Waals surface area contributed by atoms with E-state index in [-0.39, 0.29) is 18.6 Å². The van der Waals surface area contributed by atoms with Crippen molar-refractivity contribution in [3.05, 3.63) is 41.8 Å². The normalized spacial score (nSPS) is 20.0. The van der Waals surface area contributed by atoms with Gasteiger partial charge < -0.3 is 18.8 Å². The standard InChI is InChI=1S/C20H24N2O4/c23-19(14-24-13-16-8-4-5-11-25-16)22-10-9-18-17(12-22)21-20(26-18)15-6-2-1-3-7-15/h1-3,6-7,16H,4-5,8-14H2. The minimum Gasteiger partial charge on any atom is -0.441 e. The van der Waals surface area contributed by atoms with Crippen molar-refractivity contribution >= 4 is 5.91 Å². The number of carbonyl (C=O) groups excluding carboxylic acids is 1. The topological polar surface area (TPSA) is 64.8 Å². The number of ether oxygens (including phenoxy) is 2. The van der Waals surface area contributed by atoms with Crippen LogP contribution in [0.15, 0.2) is 34.7 Å². The van der Waals surface area contributed by atoms with Crippen LogP contribution in [0.3, 0.4) is 0 Å². The summed E-state index contributed by atoms with van der Waals surface area (Å²) in [5, 5.41) is 0. The SMILES string of the molecule is O=C(COCC1CCCCO1)N1CCc2oc(-c3ccccc3)nc2C1. The Morgan fingerprint density at radius 2 is 2.15 bits per heavy atom. The first kappa shape index (κ1) is 17.2. The lowest BCUT2D eigenvalue weighted by Gasteiger charge is -2.26. The van der Waals surface area contributed by atoms with E-state index >= 15 is 0 Å². The Hall–Kier alpha value is -2.18. The second-order valence-electron chi connectivity index (χ2n) is 6.82. The van der Waals surface area contributed by atoms with Gasteiger partial charge in [0.05, 0.1) is 19.3 Å². The molecule has 138 valence electrons. The Bertz CT molecular complexity index is 738. The molecule has 0 N–H and O–H groups in total. The molecule has 6 nitrogen and oxygen atoms in total. The fourth-order valence-corrected chi connectivity index (χ4v) is 3.42. The van der Waals surface area contributed by atoms with E-state index < -0.39 is 0 Å². The second-order valence-corrected chi connectivity index (χ2v) is 6.82. The quantitative estimate of drug-likeness (QED) is 0.824. The summed E-state index contributed by atoms with van der Waals surface area (Å²) in [6, 6.07) is 9.83. The number of amides is 1. The van der Waals surface area contributed by atoms with Crippen LogP contribution in [0.4, 0.5) is 0 Å². The van der Waals surface area contributed by atoms with Crippen molar-refractivity contribution in [2.24, 2.45) is 0 Å². The van der Waals surface area contributed by atoms with E-state index in [0.717, 1.165) is 36.5 Å². The van der Waals surface area contributed by atoms with Crippen molar-refractivity contribution in [1.29, 1.82) is 0 Å². The molecule has 0 spiro atoms. The van der Waals surface area contributed by atoms with Gasteiger partial charge in [0.2, 0.25) is 11.8 Å². The Morgan fingerprint density at radius 1 is 1.27 bits per heavy atom. The molecule has 1 amide bonds. The number of carbonyl (C=O) groups is 1. The van der Waals surface area contributed by atoms with Crippen molar-refractivity contribution in [3.63, 3.8) is 0 Å². The van der Waals surface area contributed by atoms with E-state index in [4.69, 9.17) is 13.9 Å². The average molecular weight is 356 g/mol. The van der Waals surface area contributed by atoms with E-state index in [0.29, 0.717) is 32.0 Å². The molecule has 0 radical (unpaired) electrons. The lowest BCUT2D eigenvalue weighted by atomic mass is 10.1. The van der Waals surface area contributed by atoms with Crippen LogP contribution in [0.2, 0.25) is 0 Å². The zero-order valence-electron chi connectivity index (χ0n) is 14.9. The third-order valence-electron chi connectivity index (χ3n) is 4.90. The minimum atomic E-state index is -0.00396. The Labute approximate surface area is 153 Å². The summed E-state index contributed by atoms with van der Waals surface area (Å²) >= 11 is 0. The molecular weight excluding hydrogens is 332 g/mol. The first-order valence-electron chi connectivity index (χ1n) is 9.31. The molecule has 26 heavy (non-hydrogen) atoms. The monoisotopic (exact) mass is 356 g/mol. The van der Waals surface area contributed by atoms with Gasteiger partial charge in [-0.1, -0.05) is 18.2 Å². The van der Waals surface area contributed by atoms with Gasteiger partial charge >= 0.3 is 0 Å². The summed E-state index contributed by atoms with van der Waals surface area (Å²) in [5.74, 6) is 1.50. The van der Waals surface area contributed by atoms with Crippen molar-refractivity contribution in [2.45, 2.75) is 38.3 Å². The van der Waals surface area contributed by atoms with Gasteiger partial charge in [-0.15, -0.1) is 0 Å². The predicted molar refractivity (Wildman–Crippen MR) is 95.5 cm³/mol. The van der Waals surface area contributed by atoms with Gasteiger partial charge in [-0.2, -0.15) is 0 Å². The van der Waals surface area contributed by atoms with Gasteiger partial charge in [0, 0.05) is 25.1 Å². The Balaban J connectivity index is 1.31. The number of hydrogen-bond donors (Lipinski definition) is 0. The van der Waals surface area contributed by atoms with E-state index in [9.17, 15) is 4.79 Å². The molecule has 1 atom stereocenters. The van der Waals surface area contributed by atoms with Gasteiger partial charge in [0.15, 0.2) is 0 Å². The van der Waals surface area contributed by atoms with E-state index in [1.165, 1.54) is 6.42 Å². The smallest absolute Gasteiger partial charge is 0.248 e. The molecule has 3 heterocycles. The van der Waals surface area contributed by atoms with Crippen LogP contribution < -0.4 is 0 Å². The molecule has 0 aliphatic carbocycles. The molecule has 2 aliphatic rings. The number of aromatic nitrogens is 1. The van der Waals surface area contributed by atoms with Gasteiger partial charge in [-0.05, 0) is 31.4 Å². The summed E-state index contributed by atoms with van der Waals surface area (Å²) in [5.41, 5.74) is 1.80. The maximum Gasteiger partial charge on any atom is 0.248 e. The number of hydrogen-bond acceptors (Lipinski definition) is 5. The summed E-state index contributed by atoms with van der Waals surface area (Å²) in [7, 11) is 0. The lowest BCUT2D eigenvalue weighted by Crippen LogP contribution is -2.38. The molecule has 0 bridgehead atoms. The minimum absolute atomic E-state index is 0.00396. The number of rotatable bonds is 5. The molecule has 1 aromatic carbocycles. The van der Waals surface area contributed by atoms with Crippen LogP contribution in [0.1, 0.15) is 30.7 Å². The highest BCUT2D eigenvalue weighted by molar-refractivity contribution is 5.77. The van der Waals surface area contributed by atoms with Gasteiger partial charge in [0.25, 0.3) is 0 Å². The molecule has 0 saturated carbocycles. The van der Waals surface area contributed by atoms with Crippen LogP contribution in [-0.2, 0) is 27.2 Å². The fourth-order valence-electron chi connectivity index (χ4n) is 3.42. The molecule has 1 aromatic heterocycles. The van der Waals surface area contributed by atoms with E-state index in [1.807, 2.05) is 30.3 Å². The molecule has 1 unspecified atom stereocenters. The average Bonchev–Trinajstić information content (AvgIpc) is 3.13. The van der Waals surface area contributed by atoms with Crippen LogP contribution >= 0.6 is 0 Å². The van der Waals surface area contributed by atoms with Crippen LogP contribution in [0, 0.1) is 0 Å². The largest absolute Gasteiger partial charge is 0.441 e. The van der Waals surface area contributed by atoms with Crippen molar-refractivity contribution in [1.82, 2.24) is 9.88 Å². The zero-order chi connectivity index (χ0) is 17.8. The third kappa shape index (κ3) is 3.97. The van der Waals surface area contributed by atoms with Gasteiger partial charge in [-0.3, -0.25) is 4.79 Å². The highest BCUT2D eigenvalue weighted by Gasteiger charge is 2.26. The summed E-state index contributed by atoms with van der Waals surface area (Å²) in [4.78, 5) is 18.8. The summed E-state index contributed by atoms with van der Waals surface area (Å²) < 4.78 is 17.1. The highest BCUT2D eigenvalue weighted by atomic mass is 16.5. The van der Waals surface area contributed by atoms with Crippen LogP contribution in [-0.4, -0.2) is 48.3 Å². The lowest BCUT2D eigenvalue weighted by molar-refractivity contribution is -0.139. The second kappa shape index (κ2) is 8.01. The first-order chi connectivity index (χ1) is 12.8. The fraction of sp³-hybridized carbons (Fsp3) is 0.500. The first-order valence-corrected chi connectivity index (χ1v) is 9.31. The van der Waals surface area contributed by atoms with Crippen molar-refractivity contribution in [2.75, 3.05) is 26.4 Å². The molecule has 6 heteroatoms. The summed E-state index contributed by atoms with van der Waals surface area (Å²) in [6.45, 7) is 2.50. The third-order valence-corrected chi connectivity index (χ3v) is 4.90. The molecule has 2 aliphatic heterocycles. The molecular formula is C20H24N2O4. The highest BCUT2D eigenvalue weighted by Crippen LogP contribution is 2.26. The molecule has 4 rings (SSSR count).